The molecule has 7 heteroatoms. The van der Waals surface area contributed by atoms with Crippen molar-refractivity contribution in [1.82, 2.24) is 14.5 Å². The van der Waals surface area contributed by atoms with E-state index in [9.17, 15) is 4.79 Å². The average Bonchev–Trinajstić information content (AvgIpc) is 3.79. The Morgan fingerprint density at radius 3 is 2.54 bits per heavy atom. The van der Waals surface area contributed by atoms with Crippen LogP contribution in [0.4, 0.5) is 10.5 Å². The molecule has 0 spiro atoms. The van der Waals surface area contributed by atoms with Crippen LogP contribution >= 0.6 is 0 Å². The van der Waals surface area contributed by atoms with Crippen molar-refractivity contribution in [2.45, 2.75) is 45.3 Å². The zero-order valence-corrected chi connectivity index (χ0v) is 19.7. The molecule has 2 aliphatic carbocycles. The molecule has 2 aromatic heterocycles. The predicted octanol–water partition coefficient (Wildman–Crippen LogP) is 6.65. The molecule has 178 valence electrons. The van der Waals surface area contributed by atoms with Crippen LogP contribution in [0.5, 0.6) is 11.8 Å². The van der Waals surface area contributed by atoms with Crippen LogP contribution in [0.1, 0.15) is 32.6 Å². The first-order valence-electron chi connectivity index (χ1n) is 12.3. The molecule has 0 bridgehead atoms. The minimum atomic E-state index is -0.394. The minimum Gasteiger partial charge on any atom is -0.446 e. The first-order chi connectivity index (χ1) is 17.1. The van der Waals surface area contributed by atoms with Crippen LogP contribution in [0.2, 0.25) is 0 Å². The molecule has 0 radical (unpaired) electrons. The number of fused-ring (bicyclic) bond motifs is 1. The molecule has 2 aromatic carbocycles. The maximum Gasteiger partial charge on any atom is 0.411 e. The van der Waals surface area contributed by atoms with Crippen LogP contribution in [0.15, 0.2) is 67.0 Å². The number of anilines is 1. The number of amides is 1. The Kier molecular flexibility index (Phi) is 5.60. The van der Waals surface area contributed by atoms with E-state index < -0.39 is 6.09 Å². The zero-order chi connectivity index (χ0) is 23.8. The summed E-state index contributed by atoms with van der Waals surface area (Å²) >= 11 is 0. The van der Waals surface area contributed by atoms with Gasteiger partial charge in [0.2, 0.25) is 0 Å². The van der Waals surface area contributed by atoms with E-state index in [4.69, 9.17) is 9.47 Å². The maximum atomic E-state index is 12.2. The normalized spacial score (nSPS) is 16.1. The summed E-state index contributed by atoms with van der Waals surface area (Å²) in [6.07, 6.45) is 7.72. The van der Waals surface area contributed by atoms with Gasteiger partial charge in [-0.25, -0.2) is 14.8 Å². The van der Waals surface area contributed by atoms with E-state index in [0.717, 1.165) is 47.2 Å². The summed E-state index contributed by atoms with van der Waals surface area (Å²) in [6, 6.07) is 18.4. The highest BCUT2D eigenvalue weighted by Crippen LogP contribution is 2.37. The Hall–Kier alpha value is -3.87. The standard InChI is InChI=1S/C28H28N4O3/c1-18(20-5-6-20)34-28(33)31-23-10-7-21(8-11-23)25-15-22-9-12-24(35-27-29-13-2-14-30-27)16-26(22)32(25)17-19-3-4-19/h2,7-16,18-20H,3-6,17H2,1H3,(H,31,33)/t18-/m1/s1. The number of benzene rings is 2. The smallest absolute Gasteiger partial charge is 0.411 e. The van der Waals surface area contributed by atoms with Crippen molar-refractivity contribution in [3.05, 3.63) is 67.0 Å². The number of carbonyl (C=O) groups excluding carboxylic acids is 1. The second-order valence-corrected chi connectivity index (χ2v) is 9.59. The quantitative estimate of drug-likeness (QED) is 0.313. The molecule has 2 heterocycles. The molecular formula is C28H28N4O3. The highest BCUT2D eigenvalue weighted by molar-refractivity contribution is 5.89. The van der Waals surface area contributed by atoms with Gasteiger partial charge in [-0.05, 0) is 86.4 Å². The molecule has 1 N–H and O–H groups in total. The van der Waals surface area contributed by atoms with Gasteiger partial charge in [0.05, 0.1) is 5.52 Å². The van der Waals surface area contributed by atoms with Gasteiger partial charge >= 0.3 is 12.1 Å². The van der Waals surface area contributed by atoms with E-state index in [1.807, 2.05) is 37.3 Å². The first-order valence-corrected chi connectivity index (χ1v) is 12.3. The molecule has 6 rings (SSSR count). The Morgan fingerprint density at radius 2 is 1.83 bits per heavy atom. The van der Waals surface area contributed by atoms with Crippen LogP contribution in [-0.4, -0.2) is 26.7 Å². The Morgan fingerprint density at radius 1 is 1.06 bits per heavy atom. The van der Waals surface area contributed by atoms with Gasteiger partial charge in [0.25, 0.3) is 0 Å². The lowest BCUT2D eigenvalue weighted by atomic mass is 10.1. The van der Waals surface area contributed by atoms with E-state index in [0.29, 0.717) is 23.6 Å². The van der Waals surface area contributed by atoms with Gasteiger partial charge in [-0.3, -0.25) is 5.32 Å². The summed E-state index contributed by atoms with van der Waals surface area (Å²) in [4.78, 5) is 20.5. The average molecular weight is 469 g/mol. The summed E-state index contributed by atoms with van der Waals surface area (Å²) < 4.78 is 13.7. The molecule has 0 saturated heterocycles. The maximum absolute atomic E-state index is 12.2. The third-order valence-electron chi connectivity index (χ3n) is 6.77. The van der Waals surface area contributed by atoms with E-state index in [1.54, 1.807) is 18.5 Å². The highest BCUT2D eigenvalue weighted by atomic mass is 16.6. The number of carbonyl (C=O) groups is 1. The van der Waals surface area contributed by atoms with Gasteiger partial charge in [-0.15, -0.1) is 0 Å². The number of aromatic nitrogens is 3. The monoisotopic (exact) mass is 468 g/mol. The number of hydrogen-bond acceptors (Lipinski definition) is 5. The summed E-state index contributed by atoms with van der Waals surface area (Å²) in [6.45, 7) is 2.93. The lowest BCUT2D eigenvalue weighted by Gasteiger charge is -2.14. The van der Waals surface area contributed by atoms with Crippen molar-refractivity contribution >= 4 is 22.7 Å². The van der Waals surface area contributed by atoms with Crippen LogP contribution < -0.4 is 10.1 Å². The zero-order valence-electron chi connectivity index (χ0n) is 19.7. The third-order valence-corrected chi connectivity index (χ3v) is 6.77. The third kappa shape index (κ3) is 4.99. The summed E-state index contributed by atoms with van der Waals surface area (Å²) in [5, 5.41) is 4.01. The van der Waals surface area contributed by atoms with Gasteiger partial charge in [-0.2, -0.15) is 0 Å². The van der Waals surface area contributed by atoms with Gasteiger partial charge in [0.1, 0.15) is 11.9 Å². The van der Waals surface area contributed by atoms with E-state index in [2.05, 4.69) is 38.1 Å². The molecule has 2 saturated carbocycles. The Balaban J connectivity index is 1.25. The highest BCUT2D eigenvalue weighted by Gasteiger charge is 2.30. The number of nitrogens with one attached hydrogen (secondary N) is 1. The lowest BCUT2D eigenvalue weighted by Crippen LogP contribution is -2.21. The first kappa shape index (κ1) is 21.6. The minimum absolute atomic E-state index is 0.0327. The largest absolute Gasteiger partial charge is 0.446 e. The Bertz CT molecular complexity index is 1340. The van der Waals surface area contributed by atoms with Gasteiger partial charge in [0, 0.05) is 41.8 Å². The van der Waals surface area contributed by atoms with Crippen LogP contribution in [-0.2, 0) is 11.3 Å². The fraction of sp³-hybridized carbons (Fsp3) is 0.321. The second-order valence-electron chi connectivity index (χ2n) is 9.59. The van der Waals surface area contributed by atoms with Crippen molar-refractivity contribution < 1.29 is 14.3 Å². The molecule has 4 aromatic rings. The molecule has 0 unspecified atom stereocenters. The molecule has 2 fully saturated rings. The summed E-state index contributed by atoms with van der Waals surface area (Å²) in [5.74, 6) is 1.93. The van der Waals surface area contributed by atoms with Crippen molar-refractivity contribution in [2.75, 3.05) is 5.32 Å². The molecule has 1 amide bonds. The SMILES string of the molecule is C[C@@H](OC(=O)Nc1ccc(-c2cc3ccc(Oc4ncccn4)cc3n2CC2CC2)cc1)C1CC1. The van der Waals surface area contributed by atoms with Crippen LogP contribution in [0.3, 0.4) is 0 Å². The van der Waals surface area contributed by atoms with E-state index in [-0.39, 0.29) is 6.10 Å². The second kappa shape index (κ2) is 9.06. The molecule has 1 atom stereocenters. The number of hydrogen-bond donors (Lipinski definition) is 1. The fourth-order valence-electron chi connectivity index (χ4n) is 4.44. The van der Waals surface area contributed by atoms with Gasteiger partial charge in [-0.1, -0.05) is 12.1 Å². The molecule has 7 nitrogen and oxygen atoms in total. The summed E-state index contributed by atoms with van der Waals surface area (Å²) in [5.41, 5.74) is 4.10. The molecule has 35 heavy (non-hydrogen) atoms. The van der Waals surface area contributed by atoms with Crippen LogP contribution in [0, 0.1) is 11.8 Å². The topological polar surface area (TPSA) is 78.3 Å². The molecule has 2 aliphatic rings. The molecular weight excluding hydrogens is 440 g/mol. The number of rotatable bonds is 8. The summed E-state index contributed by atoms with van der Waals surface area (Å²) in [7, 11) is 0. The number of nitrogens with zero attached hydrogens (tertiary/aromatic N) is 3. The number of ether oxygens (including phenoxy) is 2. The van der Waals surface area contributed by atoms with E-state index >= 15 is 0 Å². The van der Waals surface area contributed by atoms with Crippen LogP contribution in [0.25, 0.3) is 22.2 Å². The van der Waals surface area contributed by atoms with Crippen molar-refractivity contribution in [1.29, 1.82) is 0 Å². The van der Waals surface area contributed by atoms with Gasteiger partial charge < -0.3 is 14.0 Å². The van der Waals surface area contributed by atoms with Gasteiger partial charge in [0.15, 0.2) is 0 Å². The van der Waals surface area contributed by atoms with E-state index in [1.165, 1.54) is 12.8 Å². The lowest BCUT2D eigenvalue weighted by molar-refractivity contribution is 0.108. The fourth-order valence-corrected chi connectivity index (χ4v) is 4.44. The molecule has 0 aliphatic heterocycles. The van der Waals surface area contributed by atoms with Crippen molar-refractivity contribution in [3.63, 3.8) is 0 Å². The van der Waals surface area contributed by atoms with Crippen molar-refractivity contribution in [3.8, 4) is 23.0 Å². The van der Waals surface area contributed by atoms with Crippen molar-refractivity contribution in [2.24, 2.45) is 11.8 Å². The predicted molar refractivity (Wildman–Crippen MR) is 134 cm³/mol. The Labute approximate surface area is 204 Å².